The van der Waals surface area contributed by atoms with Gasteiger partial charge in [0.15, 0.2) is 0 Å². The zero-order valence-electron chi connectivity index (χ0n) is 7.16. The Morgan fingerprint density at radius 1 is 1.38 bits per heavy atom. The summed E-state index contributed by atoms with van der Waals surface area (Å²) in [7, 11) is 0. The van der Waals surface area contributed by atoms with Crippen LogP contribution in [0.5, 0.6) is 0 Å². The minimum absolute atomic E-state index is 0.0203. The maximum atomic E-state index is 12.2. The van der Waals surface area contributed by atoms with Crippen LogP contribution in [0.4, 0.5) is 13.2 Å². The van der Waals surface area contributed by atoms with Gasteiger partial charge in [-0.05, 0) is 12.8 Å². The lowest BCUT2D eigenvalue weighted by atomic mass is 9.81. The first-order valence-corrected chi connectivity index (χ1v) is 4.71. The molecule has 0 saturated carbocycles. The van der Waals surface area contributed by atoms with E-state index >= 15 is 0 Å². The Labute approximate surface area is 80.2 Å². The smallest absolute Gasteiger partial charge is 0.381 e. The lowest BCUT2D eigenvalue weighted by molar-refractivity contribution is -0.170. The predicted octanol–water partition coefficient (Wildman–Crippen LogP) is 2.97. The molecule has 0 bridgehead atoms. The van der Waals surface area contributed by atoms with E-state index < -0.39 is 18.0 Å². The zero-order chi connectivity index (χ0) is 9.95. The van der Waals surface area contributed by atoms with Gasteiger partial charge in [-0.25, -0.2) is 0 Å². The van der Waals surface area contributed by atoms with Crippen LogP contribution < -0.4 is 0 Å². The van der Waals surface area contributed by atoms with Crippen LogP contribution in [0.25, 0.3) is 0 Å². The summed E-state index contributed by atoms with van der Waals surface area (Å²) in [6.45, 7) is 0.687. The van der Waals surface area contributed by atoms with Crippen LogP contribution in [0.2, 0.25) is 0 Å². The fraction of sp³-hybridized carbons (Fsp3) is 1.00. The van der Waals surface area contributed by atoms with E-state index in [4.69, 9.17) is 16.3 Å². The minimum atomic E-state index is -4.14. The van der Waals surface area contributed by atoms with Gasteiger partial charge in [0.1, 0.15) is 0 Å². The standard InChI is InChI=1S/C8H12ClF3O/c9-5-7(4-8(10,11)12)2-1-3-13-6-7/h1-6H2. The third-order valence-corrected chi connectivity index (χ3v) is 2.83. The third kappa shape index (κ3) is 3.35. The molecule has 0 aromatic carbocycles. The van der Waals surface area contributed by atoms with Crippen molar-refractivity contribution in [2.45, 2.75) is 25.4 Å². The topological polar surface area (TPSA) is 9.23 Å². The van der Waals surface area contributed by atoms with Gasteiger partial charge in [-0.1, -0.05) is 0 Å². The van der Waals surface area contributed by atoms with E-state index in [1.54, 1.807) is 0 Å². The van der Waals surface area contributed by atoms with Crippen molar-refractivity contribution in [2.75, 3.05) is 19.1 Å². The molecule has 0 aromatic rings. The first kappa shape index (κ1) is 11.1. The molecule has 13 heavy (non-hydrogen) atoms. The summed E-state index contributed by atoms with van der Waals surface area (Å²) >= 11 is 5.56. The molecule has 0 aliphatic carbocycles. The van der Waals surface area contributed by atoms with Crippen LogP contribution in [-0.2, 0) is 4.74 Å². The zero-order valence-corrected chi connectivity index (χ0v) is 7.92. The normalized spacial score (nSPS) is 30.5. The molecule has 1 aliphatic heterocycles. The molecule has 0 spiro atoms. The van der Waals surface area contributed by atoms with Gasteiger partial charge < -0.3 is 4.74 Å². The summed E-state index contributed by atoms with van der Waals surface area (Å²) in [6.07, 6.45) is -3.79. The summed E-state index contributed by atoms with van der Waals surface area (Å²) in [5, 5.41) is 0. The molecule has 1 saturated heterocycles. The second kappa shape index (κ2) is 4.05. The van der Waals surface area contributed by atoms with Crippen molar-refractivity contribution in [3.05, 3.63) is 0 Å². The van der Waals surface area contributed by atoms with Crippen molar-refractivity contribution in [3.63, 3.8) is 0 Å². The van der Waals surface area contributed by atoms with Gasteiger partial charge >= 0.3 is 6.18 Å². The fourth-order valence-electron chi connectivity index (χ4n) is 1.63. The Bertz CT molecular complexity index is 163. The molecule has 0 radical (unpaired) electrons. The highest BCUT2D eigenvalue weighted by Crippen LogP contribution is 2.40. The van der Waals surface area contributed by atoms with Crippen LogP contribution in [0.3, 0.4) is 0 Å². The Balaban J connectivity index is 2.57. The van der Waals surface area contributed by atoms with Gasteiger partial charge in [0, 0.05) is 17.9 Å². The van der Waals surface area contributed by atoms with E-state index in [1.807, 2.05) is 0 Å². The third-order valence-electron chi connectivity index (χ3n) is 2.26. The molecule has 1 unspecified atom stereocenters. The van der Waals surface area contributed by atoms with Gasteiger partial charge in [0.05, 0.1) is 13.0 Å². The Hall–Kier alpha value is 0.0400. The van der Waals surface area contributed by atoms with E-state index in [2.05, 4.69) is 0 Å². The number of ether oxygens (including phenoxy) is 1. The Kier molecular flexibility index (Phi) is 3.46. The highest BCUT2D eigenvalue weighted by Gasteiger charge is 2.43. The molecule has 1 aliphatic rings. The second-order valence-corrected chi connectivity index (χ2v) is 3.85. The van der Waals surface area contributed by atoms with Crippen LogP contribution >= 0.6 is 11.6 Å². The lowest BCUT2D eigenvalue weighted by Gasteiger charge is -2.35. The lowest BCUT2D eigenvalue weighted by Crippen LogP contribution is -2.37. The summed E-state index contributed by atoms with van der Waals surface area (Å²) in [5.41, 5.74) is -0.877. The van der Waals surface area contributed by atoms with Gasteiger partial charge in [-0.15, -0.1) is 11.6 Å². The molecule has 1 nitrogen and oxygen atoms in total. The average molecular weight is 217 g/mol. The maximum absolute atomic E-state index is 12.2. The van der Waals surface area contributed by atoms with Crippen LogP contribution in [0, 0.1) is 5.41 Å². The van der Waals surface area contributed by atoms with Crippen molar-refractivity contribution in [1.29, 1.82) is 0 Å². The van der Waals surface area contributed by atoms with Crippen molar-refractivity contribution < 1.29 is 17.9 Å². The summed E-state index contributed by atoms with van der Waals surface area (Å²) in [4.78, 5) is 0. The van der Waals surface area contributed by atoms with Crippen molar-refractivity contribution in [2.24, 2.45) is 5.41 Å². The van der Waals surface area contributed by atoms with Crippen LogP contribution in [0.15, 0.2) is 0 Å². The molecule has 1 heterocycles. The highest BCUT2D eigenvalue weighted by atomic mass is 35.5. The van der Waals surface area contributed by atoms with E-state index in [0.717, 1.165) is 0 Å². The largest absolute Gasteiger partial charge is 0.389 e. The van der Waals surface area contributed by atoms with Gasteiger partial charge in [0.2, 0.25) is 0 Å². The second-order valence-electron chi connectivity index (χ2n) is 3.58. The van der Waals surface area contributed by atoms with Crippen LogP contribution in [0.1, 0.15) is 19.3 Å². The first-order valence-electron chi connectivity index (χ1n) is 4.18. The highest BCUT2D eigenvalue weighted by molar-refractivity contribution is 6.18. The number of hydrogen-bond acceptors (Lipinski definition) is 1. The summed E-state index contributed by atoms with van der Waals surface area (Å²) < 4.78 is 41.5. The Morgan fingerprint density at radius 3 is 2.46 bits per heavy atom. The monoisotopic (exact) mass is 216 g/mol. The van der Waals surface area contributed by atoms with E-state index in [0.29, 0.717) is 19.4 Å². The van der Waals surface area contributed by atoms with Gasteiger partial charge in [0.25, 0.3) is 0 Å². The van der Waals surface area contributed by atoms with Crippen molar-refractivity contribution in [3.8, 4) is 0 Å². The van der Waals surface area contributed by atoms with E-state index in [-0.39, 0.29) is 12.5 Å². The molecule has 1 rings (SSSR count). The van der Waals surface area contributed by atoms with Crippen LogP contribution in [-0.4, -0.2) is 25.3 Å². The molecule has 1 atom stereocenters. The van der Waals surface area contributed by atoms with Gasteiger partial charge in [-0.2, -0.15) is 13.2 Å². The SMILES string of the molecule is FC(F)(F)CC1(CCl)CCCOC1. The summed E-state index contributed by atoms with van der Waals surface area (Å²) in [6, 6.07) is 0. The molecule has 1 fully saturated rings. The van der Waals surface area contributed by atoms with Crippen molar-refractivity contribution in [1.82, 2.24) is 0 Å². The maximum Gasteiger partial charge on any atom is 0.389 e. The Morgan fingerprint density at radius 2 is 2.08 bits per heavy atom. The predicted molar refractivity (Wildman–Crippen MR) is 43.9 cm³/mol. The number of alkyl halides is 4. The van der Waals surface area contributed by atoms with Crippen molar-refractivity contribution >= 4 is 11.6 Å². The molecular formula is C8H12ClF3O. The molecule has 0 aromatic heterocycles. The number of rotatable bonds is 2. The van der Waals surface area contributed by atoms with E-state index in [9.17, 15) is 13.2 Å². The quantitative estimate of drug-likeness (QED) is 0.645. The van der Waals surface area contributed by atoms with Gasteiger partial charge in [-0.3, -0.25) is 0 Å². The molecule has 5 heteroatoms. The minimum Gasteiger partial charge on any atom is -0.381 e. The molecule has 78 valence electrons. The fourth-order valence-corrected chi connectivity index (χ4v) is 1.93. The summed E-state index contributed by atoms with van der Waals surface area (Å²) in [5.74, 6) is 0.0203. The first-order chi connectivity index (χ1) is 5.97. The van der Waals surface area contributed by atoms with E-state index in [1.165, 1.54) is 0 Å². The molecule has 0 N–H and O–H groups in total. The average Bonchev–Trinajstić information content (AvgIpc) is 2.03. The number of halogens is 4. The molecular weight excluding hydrogens is 205 g/mol. The molecule has 0 amide bonds. The number of hydrogen-bond donors (Lipinski definition) is 0.